The van der Waals surface area contributed by atoms with Gasteiger partial charge in [-0.05, 0) is 138 Å². The number of aryl methyl sites for hydroxylation is 1. The minimum atomic E-state index is -4.76. The molecule has 28 heteroatoms. The Labute approximate surface area is 598 Å². The van der Waals surface area contributed by atoms with Crippen molar-refractivity contribution in [2.75, 3.05) is 75.0 Å². The van der Waals surface area contributed by atoms with Gasteiger partial charge in [-0.1, -0.05) is 103 Å². The lowest BCUT2D eigenvalue weighted by atomic mass is 9.84. The molecule has 4 aliphatic heterocycles. The Morgan fingerprint density at radius 3 is 1.83 bits per heavy atom. The molecule has 7 aliphatic rings. The summed E-state index contributed by atoms with van der Waals surface area (Å²) in [5, 5.41) is 8.27. The Bertz CT molecular complexity index is 3200. The van der Waals surface area contributed by atoms with Crippen LogP contribution in [0.4, 0.5) is 13.2 Å². The molecule has 0 aromatic heterocycles. The number of halogens is 4. The van der Waals surface area contributed by atoms with Gasteiger partial charge in [0.05, 0.1) is 23.6 Å². The van der Waals surface area contributed by atoms with E-state index in [4.69, 9.17) is 11.6 Å². The average Bonchev–Trinajstić information content (AvgIpc) is 1.66. The molecule has 3 saturated carbocycles. The number of likely N-dealkylation sites (tertiary alicyclic amines) is 1. The Morgan fingerprint density at radius 1 is 0.614 bits per heavy atom. The zero-order valence-corrected chi connectivity index (χ0v) is 61.9. The third-order valence-electron chi connectivity index (χ3n) is 22.8. The summed E-state index contributed by atoms with van der Waals surface area (Å²) < 4.78 is 41.6. The second kappa shape index (κ2) is 34.5. The lowest BCUT2D eigenvalue weighted by Gasteiger charge is -2.45. The first-order valence-electron chi connectivity index (χ1n) is 36.9. The minimum absolute atomic E-state index is 0.0269. The normalized spacial score (nSPS) is 28.3. The monoisotopic (exact) mass is 1440 g/mol. The maximum Gasteiger partial charge on any atom is 0.417 e. The van der Waals surface area contributed by atoms with Gasteiger partial charge < -0.3 is 60.0 Å². The Balaban J connectivity index is 1.17. The molecule has 0 bridgehead atoms. The van der Waals surface area contributed by atoms with Gasteiger partial charge in [0.1, 0.15) is 59.9 Å². The van der Waals surface area contributed by atoms with Gasteiger partial charge in [0, 0.05) is 68.5 Å². The van der Waals surface area contributed by atoms with Crippen LogP contribution in [0.25, 0.3) is 0 Å². The van der Waals surface area contributed by atoms with E-state index in [-0.39, 0.29) is 82.2 Å². The summed E-state index contributed by atoms with van der Waals surface area (Å²) in [5.74, 6) is -8.52. The summed E-state index contributed by atoms with van der Waals surface area (Å²) in [6, 6.07) is -7.68. The summed E-state index contributed by atoms with van der Waals surface area (Å²) >= 11 is 6.16. The fourth-order valence-corrected chi connectivity index (χ4v) is 16.8. The number of hydrogen-bond donors (Lipinski definition) is 3. The number of alkyl halides is 3. The third-order valence-corrected chi connectivity index (χ3v) is 23.1. The summed E-state index contributed by atoms with van der Waals surface area (Å²) in [5.41, 5.74) is -2.35. The van der Waals surface area contributed by atoms with Crippen molar-refractivity contribution < 1.29 is 70.7 Å². The molecule has 0 unspecified atom stereocenters. The number of likely N-dealkylation sites (N-methyl/N-ethyl adjacent to an activating group) is 6. The van der Waals surface area contributed by atoms with Gasteiger partial charge in [-0.25, -0.2) is 0 Å². The zero-order valence-electron chi connectivity index (χ0n) is 61.2. The molecule has 3 N–H and O–H groups in total. The lowest BCUT2D eigenvalue weighted by Crippen LogP contribution is -2.65. The standard InChI is InChI=1S/C73H110ClF3N12O12/c1-44(2)39-55-62(92)79-60(49-25-16-17-26-49)69(99)82(7)46(5)64(94)89-38-32-54(89)67(97)84(9)56(41-47-23-14-12-15-24-47)66(96)81(6)43-58(90)78-52(31-29-48-28-30-50(51(74)40-48)73(75,76)77)65(95)88-37-22-27-53(88)63(93)80-72(33-18-19-34-72)71(101)86(11)61(45(3)4)70(100)85(10)57(42-59(91)83(55)8)68(98)87-35-20-13-21-36-87/h28,30,40,44-47,49,52-57,60-61H,12-27,29,31-39,41-43H2,1-11H3,(H,78,90)(H,79,92)(H,80,93)/t46-,52-,53-,54-,55-,56-,57-,60-,61-/m0/s1. The van der Waals surface area contributed by atoms with Crippen molar-refractivity contribution in [2.45, 2.75) is 255 Å². The maximum absolute atomic E-state index is 15.5. The maximum atomic E-state index is 15.5. The third kappa shape index (κ3) is 18.7. The molecular formula is C73H110ClF3N12O12. The molecule has 12 amide bonds. The predicted molar refractivity (Wildman–Crippen MR) is 371 cm³/mol. The van der Waals surface area contributed by atoms with E-state index in [0.29, 0.717) is 63.6 Å². The van der Waals surface area contributed by atoms with Crippen LogP contribution in [-0.2, 0) is 70.1 Å². The molecule has 24 nitrogen and oxygen atoms in total. The number of benzene rings is 1. The molecule has 8 rings (SSSR count). The highest BCUT2D eigenvalue weighted by atomic mass is 35.5. The summed E-state index contributed by atoms with van der Waals surface area (Å²) in [6.07, 6.45) is 6.19. The molecular weight excluding hydrogens is 1330 g/mol. The Kier molecular flexibility index (Phi) is 27.2. The van der Waals surface area contributed by atoms with Crippen LogP contribution in [0.5, 0.6) is 0 Å². The van der Waals surface area contributed by atoms with E-state index in [1.165, 1.54) is 82.7 Å². The van der Waals surface area contributed by atoms with Gasteiger partial charge in [0.15, 0.2) is 0 Å². The van der Waals surface area contributed by atoms with Gasteiger partial charge in [-0.15, -0.1) is 0 Å². The van der Waals surface area contributed by atoms with E-state index < -0.39 is 166 Å². The molecule has 101 heavy (non-hydrogen) atoms. The smallest absolute Gasteiger partial charge is 0.343 e. The molecule has 1 aromatic carbocycles. The zero-order chi connectivity index (χ0) is 74.1. The first-order chi connectivity index (χ1) is 47.7. The van der Waals surface area contributed by atoms with Crippen molar-refractivity contribution in [2.24, 2.45) is 23.7 Å². The van der Waals surface area contributed by atoms with Crippen molar-refractivity contribution in [3.63, 3.8) is 0 Å². The molecule has 3 aliphatic carbocycles. The highest BCUT2D eigenvalue weighted by Crippen LogP contribution is 2.38. The first-order valence-corrected chi connectivity index (χ1v) is 37.3. The molecule has 4 saturated heterocycles. The van der Waals surface area contributed by atoms with Crippen LogP contribution >= 0.6 is 11.6 Å². The number of carbonyl (C=O) groups is 12. The van der Waals surface area contributed by atoms with Crippen LogP contribution in [-0.4, -0.2) is 250 Å². The fraction of sp³-hybridized carbons (Fsp3) is 0.753. The summed E-state index contributed by atoms with van der Waals surface area (Å²) in [4.78, 5) is 192. The van der Waals surface area contributed by atoms with Gasteiger partial charge >= 0.3 is 6.18 Å². The van der Waals surface area contributed by atoms with Gasteiger partial charge in [-0.2, -0.15) is 13.2 Å². The SMILES string of the molecule is CC(C)C[C@H]1C(=O)N[C@@H](C2CCCC2)C(=O)N(C)[C@@H](C)C(=O)N2CC[C@H]2C(=O)N(C)[C@@H](CC2CCCCC2)C(=O)N(C)CC(=O)N[C@@H](CCc2ccc(C(F)(F)F)c(Cl)c2)C(=O)N2CCC[C@H]2C(=O)NC2(CCCC2)C(=O)N(C)[C@@H](C(C)C)C(=O)N(C)[C@H](C(=O)N2CCCCC2)CC(=O)N1C. The van der Waals surface area contributed by atoms with Crippen molar-refractivity contribution >= 4 is 82.5 Å². The van der Waals surface area contributed by atoms with Crippen LogP contribution < -0.4 is 16.0 Å². The molecule has 9 atom stereocenters. The quantitative estimate of drug-likeness (QED) is 0.237. The fourth-order valence-electron chi connectivity index (χ4n) is 16.5. The van der Waals surface area contributed by atoms with Crippen LogP contribution in [0.2, 0.25) is 5.02 Å². The van der Waals surface area contributed by atoms with Crippen LogP contribution in [0.3, 0.4) is 0 Å². The molecule has 1 aromatic rings. The number of fused-ring (bicyclic) bond motifs is 2. The van der Waals surface area contributed by atoms with Crippen LogP contribution in [0.1, 0.15) is 193 Å². The number of nitrogens with one attached hydrogen (secondary N) is 3. The molecule has 0 radical (unpaired) electrons. The van der Waals surface area contributed by atoms with E-state index in [2.05, 4.69) is 16.0 Å². The number of nitrogens with zero attached hydrogens (tertiary/aromatic N) is 9. The minimum Gasteiger partial charge on any atom is -0.343 e. The van der Waals surface area contributed by atoms with Crippen LogP contribution in [0.15, 0.2) is 18.2 Å². The van der Waals surface area contributed by atoms with Crippen molar-refractivity contribution in [3.05, 3.63) is 34.3 Å². The number of rotatable bonds is 10. The molecule has 562 valence electrons. The number of carbonyl (C=O) groups excluding carboxylic acids is 12. The summed E-state index contributed by atoms with van der Waals surface area (Å²) in [6.45, 7) is 9.12. The second-order valence-electron chi connectivity index (χ2n) is 30.6. The van der Waals surface area contributed by atoms with Crippen molar-refractivity contribution in [1.29, 1.82) is 0 Å². The van der Waals surface area contributed by atoms with Gasteiger partial charge in [0.2, 0.25) is 70.9 Å². The van der Waals surface area contributed by atoms with E-state index in [0.717, 1.165) is 68.4 Å². The topological polar surface area (TPSA) is 270 Å². The first kappa shape index (κ1) is 79.6. The van der Waals surface area contributed by atoms with Gasteiger partial charge in [-0.3, -0.25) is 57.5 Å². The van der Waals surface area contributed by atoms with Gasteiger partial charge in [0.25, 0.3) is 0 Å². The number of piperidine rings is 1. The van der Waals surface area contributed by atoms with E-state index >= 15 is 38.4 Å². The molecule has 7 fully saturated rings. The van der Waals surface area contributed by atoms with Crippen LogP contribution in [0, 0.1) is 23.7 Å². The number of hydrogen-bond acceptors (Lipinski definition) is 12. The van der Waals surface area contributed by atoms with Crippen molar-refractivity contribution in [3.8, 4) is 0 Å². The van der Waals surface area contributed by atoms with Crippen molar-refractivity contribution in [1.82, 2.24) is 60.0 Å². The molecule has 4 heterocycles. The Hall–Kier alpha value is -7.06. The highest BCUT2D eigenvalue weighted by molar-refractivity contribution is 6.31. The largest absolute Gasteiger partial charge is 0.417 e. The highest BCUT2D eigenvalue weighted by Gasteiger charge is 2.52. The Morgan fingerprint density at radius 2 is 1.24 bits per heavy atom. The lowest BCUT2D eigenvalue weighted by molar-refractivity contribution is -0.160. The van der Waals surface area contributed by atoms with E-state index in [1.54, 1.807) is 25.7 Å². The average molecular weight is 1440 g/mol. The van der Waals surface area contributed by atoms with E-state index in [1.807, 2.05) is 13.8 Å². The number of amides is 12. The van der Waals surface area contributed by atoms with E-state index in [9.17, 15) is 32.3 Å². The second-order valence-corrected chi connectivity index (χ2v) is 31.0. The summed E-state index contributed by atoms with van der Waals surface area (Å²) in [7, 11) is 8.69. The predicted octanol–water partition coefficient (Wildman–Crippen LogP) is 6.17. The molecule has 1 spiro atoms.